The van der Waals surface area contributed by atoms with E-state index in [1.807, 2.05) is 30.3 Å². The topological polar surface area (TPSA) is 47.6 Å². The van der Waals surface area contributed by atoms with Crippen molar-refractivity contribution in [2.75, 3.05) is 14.2 Å². The summed E-state index contributed by atoms with van der Waals surface area (Å²) >= 11 is 0. The zero-order valence-corrected chi connectivity index (χ0v) is 13.4. The van der Waals surface area contributed by atoms with Gasteiger partial charge in [0.2, 0.25) is 0 Å². The molecule has 1 atom stereocenters. The smallest absolute Gasteiger partial charge is 0.311 e. The van der Waals surface area contributed by atoms with Gasteiger partial charge in [-0.2, -0.15) is 0 Å². The summed E-state index contributed by atoms with van der Waals surface area (Å²) in [6.07, 6.45) is 0. The number of benzene rings is 2. The maximum Gasteiger partial charge on any atom is 0.351 e. The quantitative estimate of drug-likeness (QED) is 0.779. The van der Waals surface area contributed by atoms with E-state index in [4.69, 9.17) is 9.05 Å². The minimum absolute atomic E-state index is 0.352. The van der Waals surface area contributed by atoms with Crippen LogP contribution in [0.3, 0.4) is 0 Å². The van der Waals surface area contributed by atoms with Gasteiger partial charge in [0.05, 0.1) is 0 Å². The molecule has 0 heterocycles. The molecule has 0 amide bonds. The third-order valence-corrected chi connectivity index (χ3v) is 5.48. The zero-order chi connectivity index (χ0) is 16.0. The molecule has 0 aliphatic carbocycles. The van der Waals surface area contributed by atoms with Crippen molar-refractivity contribution in [2.45, 2.75) is 12.3 Å². The molecule has 0 radical (unpaired) electrons. The van der Waals surface area contributed by atoms with E-state index in [9.17, 15) is 8.96 Å². The van der Waals surface area contributed by atoms with Crippen molar-refractivity contribution < 1.29 is 18.0 Å². The Labute approximate surface area is 129 Å². The molecule has 2 aromatic carbocycles. The first-order chi connectivity index (χ1) is 10.6. The summed E-state index contributed by atoms with van der Waals surface area (Å²) < 4.78 is 36.1. The molecule has 0 unspecified atom stereocenters. The van der Waals surface area contributed by atoms with E-state index < -0.39 is 13.4 Å². The number of rotatable bonds is 7. The second kappa shape index (κ2) is 7.65. The van der Waals surface area contributed by atoms with Crippen molar-refractivity contribution in [2.24, 2.45) is 0 Å². The van der Waals surface area contributed by atoms with Crippen LogP contribution in [0.1, 0.15) is 16.9 Å². The van der Waals surface area contributed by atoms with Gasteiger partial charge in [-0.3, -0.25) is 9.88 Å². The molecule has 0 bridgehead atoms. The highest BCUT2D eigenvalue weighted by molar-refractivity contribution is 7.54. The minimum atomic E-state index is -3.40. The Morgan fingerprint density at radius 1 is 1.05 bits per heavy atom. The van der Waals surface area contributed by atoms with Gasteiger partial charge in [-0.05, 0) is 23.3 Å². The van der Waals surface area contributed by atoms with Gasteiger partial charge in [0.1, 0.15) is 11.6 Å². The van der Waals surface area contributed by atoms with Crippen LogP contribution in [-0.4, -0.2) is 14.2 Å². The average molecular weight is 323 g/mol. The second-order valence-corrected chi connectivity index (χ2v) is 7.05. The Kier molecular flexibility index (Phi) is 5.86. The minimum Gasteiger partial charge on any atom is -0.311 e. The van der Waals surface area contributed by atoms with Crippen LogP contribution in [0.25, 0.3) is 0 Å². The van der Waals surface area contributed by atoms with Crippen LogP contribution in [-0.2, 0) is 20.2 Å². The first-order valence-corrected chi connectivity index (χ1v) is 8.44. The Morgan fingerprint density at radius 3 is 2.18 bits per heavy atom. The van der Waals surface area contributed by atoms with Crippen LogP contribution in [0.5, 0.6) is 0 Å². The van der Waals surface area contributed by atoms with E-state index in [-0.39, 0.29) is 5.82 Å². The Morgan fingerprint density at radius 2 is 1.64 bits per heavy atom. The molecule has 0 fully saturated rings. The van der Waals surface area contributed by atoms with E-state index >= 15 is 0 Å². The van der Waals surface area contributed by atoms with Crippen LogP contribution in [0, 0.1) is 5.82 Å². The average Bonchev–Trinajstić information content (AvgIpc) is 2.57. The summed E-state index contributed by atoms with van der Waals surface area (Å²) in [6.45, 7) is 0.486. The zero-order valence-electron chi connectivity index (χ0n) is 12.5. The molecule has 0 saturated carbocycles. The summed E-state index contributed by atoms with van der Waals surface area (Å²) in [5.74, 6) is -1.03. The summed E-state index contributed by atoms with van der Waals surface area (Å²) in [6, 6.07) is 15.5. The lowest BCUT2D eigenvalue weighted by Crippen LogP contribution is -2.22. The number of nitrogens with one attached hydrogen (secondary N) is 1. The van der Waals surface area contributed by atoms with Crippen molar-refractivity contribution >= 4 is 7.60 Å². The highest BCUT2D eigenvalue weighted by atomic mass is 31.2. The molecule has 6 heteroatoms. The predicted molar refractivity (Wildman–Crippen MR) is 84.0 cm³/mol. The Balaban J connectivity index is 2.25. The second-order valence-electron chi connectivity index (χ2n) is 4.73. The molecule has 0 aliphatic rings. The van der Waals surface area contributed by atoms with Crippen LogP contribution in [0.4, 0.5) is 4.39 Å². The molecular formula is C16H19FNO3P. The van der Waals surface area contributed by atoms with Gasteiger partial charge in [0.15, 0.2) is 0 Å². The highest BCUT2D eigenvalue weighted by Gasteiger charge is 2.35. The summed E-state index contributed by atoms with van der Waals surface area (Å²) in [7, 11) is -0.722. The standard InChI is InChI=1S/C16H19FNO3P/c1-20-22(19,21-2)16(14-8-10-15(17)11-9-14)18-12-13-6-4-3-5-7-13/h3-11,16,18H,12H2,1-2H3/t16-/m0/s1. The van der Waals surface area contributed by atoms with Crippen LogP contribution >= 0.6 is 7.60 Å². The van der Waals surface area contributed by atoms with Crippen molar-refractivity contribution in [1.82, 2.24) is 5.32 Å². The van der Waals surface area contributed by atoms with Crippen molar-refractivity contribution in [3.8, 4) is 0 Å². The molecule has 4 nitrogen and oxygen atoms in total. The molecule has 118 valence electrons. The van der Waals surface area contributed by atoms with Gasteiger partial charge in [-0.1, -0.05) is 42.5 Å². The van der Waals surface area contributed by atoms with Gasteiger partial charge < -0.3 is 9.05 Å². The van der Waals surface area contributed by atoms with Crippen molar-refractivity contribution in [1.29, 1.82) is 0 Å². The maximum absolute atomic E-state index is 13.1. The lowest BCUT2D eigenvalue weighted by Gasteiger charge is -2.25. The Hall–Kier alpha value is -1.52. The SMILES string of the molecule is COP(=O)(OC)[C@H](NCc1ccccc1)c1ccc(F)cc1. The Bertz CT molecular complexity index is 626. The van der Waals surface area contributed by atoms with E-state index in [1.165, 1.54) is 26.4 Å². The fourth-order valence-corrected chi connectivity index (χ4v) is 3.58. The number of halogens is 1. The first-order valence-electron chi connectivity index (χ1n) is 6.83. The van der Waals surface area contributed by atoms with Crippen LogP contribution in [0.15, 0.2) is 54.6 Å². The maximum atomic E-state index is 13.1. The van der Waals surface area contributed by atoms with Crippen LogP contribution in [0.2, 0.25) is 0 Å². The molecule has 0 spiro atoms. The van der Waals surface area contributed by atoms with E-state index in [2.05, 4.69) is 5.32 Å². The van der Waals surface area contributed by atoms with E-state index in [0.29, 0.717) is 12.1 Å². The third-order valence-electron chi connectivity index (χ3n) is 3.35. The molecule has 1 N–H and O–H groups in total. The third kappa shape index (κ3) is 4.02. The molecule has 22 heavy (non-hydrogen) atoms. The van der Waals surface area contributed by atoms with Gasteiger partial charge >= 0.3 is 7.60 Å². The van der Waals surface area contributed by atoms with Gasteiger partial charge in [-0.15, -0.1) is 0 Å². The molecule has 0 aliphatic heterocycles. The van der Waals surface area contributed by atoms with E-state index in [1.54, 1.807) is 12.1 Å². The normalized spacial score (nSPS) is 13.0. The molecular weight excluding hydrogens is 304 g/mol. The highest BCUT2D eigenvalue weighted by Crippen LogP contribution is 2.58. The van der Waals surface area contributed by atoms with Crippen molar-refractivity contribution in [3.05, 3.63) is 71.5 Å². The number of hydrogen-bond donors (Lipinski definition) is 1. The predicted octanol–water partition coefficient (Wildman–Crippen LogP) is 4.10. The van der Waals surface area contributed by atoms with E-state index in [0.717, 1.165) is 5.56 Å². The summed E-state index contributed by atoms with van der Waals surface area (Å²) in [5.41, 5.74) is 1.68. The molecule has 0 saturated heterocycles. The fraction of sp³-hybridized carbons (Fsp3) is 0.250. The lowest BCUT2D eigenvalue weighted by molar-refractivity contribution is 0.259. The summed E-state index contributed by atoms with van der Waals surface area (Å²) in [4.78, 5) is 0. The first kappa shape index (κ1) is 16.8. The van der Waals surface area contributed by atoms with Crippen molar-refractivity contribution in [3.63, 3.8) is 0 Å². The molecule has 2 rings (SSSR count). The largest absolute Gasteiger partial charge is 0.351 e. The van der Waals surface area contributed by atoms with Gasteiger partial charge in [0, 0.05) is 20.8 Å². The summed E-state index contributed by atoms with van der Waals surface area (Å²) in [5, 5.41) is 3.18. The molecule has 2 aromatic rings. The number of hydrogen-bond acceptors (Lipinski definition) is 4. The lowest BCUT2D eigenvalue weighted by atomic mass is 10.2. The monoisotopic (exact) mass is 323 g/mol. The fourth-order valence-electron chi connectivity index (χ4n) is 2.15. The molecule has 0 aromatic heterocycles. The van der Waals surface area contributed by atoms with Crippen LogP contribution < -0.4 is 5.32 Å². The van der Waals surface area contributed by atoms with Gasteiger partial charge in [0.25, 0.3) is 0 Å². The van der Waals surface area contributed by atoms with Gasteiger partial charge in [-0.25, -0.2) is 4.39 Å².